The lowest BCUT2D eigenvalue weighted by atomic mass is 10.2. The molecular weight excluding hydrogens is 468 g/mol. The summed E-state index contributed by atoms with van der Waals surface area (Å²) >= 11 is 0. The third-order valence-electron chi connectivity index (χ3n) is 3.53. The predicted octanol–water partition coefficient (Wildman–Crippen LogP) is 3.27. The van der Waals surface area contributed by atoms with Gasteiger partial charge in [-0.2, -0.15) is 0 Å². The second-order valence-corrected chi connectivity index (χ2v) is 8.94. The number of nitrogens with one attached hydrogen (secondary N) is 3. The molecule has 0 saturated carbocycles. The largest absolute Gasteiger partial charge is 0.445 e. The van der Waals surface area contributed by atoms with Crippen molar-refractivity contribution in [1.82, 2.24) is 15.5 Å². The molecule has 4 N–H and O–H groups in total. The topological polar surface area (TPSA) is 146 Å². The van der Waals surface area contributed by atoms with Crippen molar-refractivity contribution in [3.63, 3.8) is 0 Å². The van der Waals surface area contributed by atoms with Crippen molar-refractivity contribution in [3.8, 4) is 0 Å². The van der Waals surface area contributed by atoms with Gasteiger partial charge in [0.15, 0.2) is 0 Å². The van der Waals surface area contributed by atoms with E-state index in [0.29, 0.717) is 12.1 Å². The number of carbonyl (C=O) groups excluding carboxylic acids is 4. The Balaban J connectivity index is 0. The number of likely N-dealkylation sites (N-methyl/N-ethyl adjacent to an activating group) is 1. The third-order valence-corrected chi connectivity index (χ3v) is 3.53. The molecule has 0 heterocycles. The van der Waals surface area contributed by atoms with Crippen molar-refractivity contribution in [2.24, 2.45) is 0 Å². The van der Waals surface area contributed by atoms with Gasteiger partial charge in [0.25, 0.3) is 0 Å². The van der Waals surface area contributed by atoms with E-state index in [2.05, 4.69) is 29.8 Å². The minimum absolute atomic E-state index is 0.0624. The maximum absolute atomic E-state index is 11.4. The Morgan fingerprint density at radius 2 is 1.67 bits per heavy atom. The van der Waals surface area contributed by atoms with Gasteiger partial charge in [-0.05, 0) is 52.3 Å². The Kier molecular flexibility index (Phi) is 19.3. The summed E-state index contributed by atoms with van der Waals surface area (Å²) in [5, 5.41) is 16.2. The van der Waals surface area contributed by atoms with E-state index < -0.39 is 17.8 Å². The second kappa shape index (κ2) is 19.9. The van der Waals surface area contributed by atoms with Crippen molar-refractivity contribution in [1.29, 1.82) is 0 Å². The van der Waals surface area contributed by atoms with Crippen LogP contribution in [-0.4, -0.2) is 72.9 Å². The van der Waals surface area contributed by atoms with Crippen LogP contribution in [-0.2, 0) is 25.7 Å². The molecule has 1 rings (SSSR count). The molecule has 11 heteroatoms. The maximum Gasteiger partial charge on any atom is 0.409 e. The third kappa shape index (κ3) is 21.2. The average Bonchev–Trinajstić information content (AvgIpc) is 2.77. The van der Waals surface area contributed by atoms with Gasteiger partial charge >= 0.3 is 12.2 Å². The van der Waals surface area contributed by atoms with Gasteiger partial charge in [0.1, 0.15) is 18.8 Å². The predicted molar refractivity (Wildman–Crippen MR) is 140 cm³/mol. The van der Waals surface area contributed by atoms with E-state index in [1.165, 1.54) is 11.3 Å². The number of aliphatic hydroxyl groups is 1. The molecule has 36 heavy (non-hydrogen) atoms. The zero-order valence-electron chi connectivity index (χ0n) is 22.8. The Labute approximate surface area is 214 Å². The van der Waals surface area contributed by atoms with E-state index in [9.17, 15) is 19.2 Å². The van der Waals surface area contributed by atoms with Crippen LogP contribution in [0.15, 0.2) is 24.3 Å². The molecule has 0 aliphatic heterocycles. The van der Waals surface area contributed by atoms with Crippen molar-refractivity contribution in [2.45, 2.75) is 73.1 Å². The number of carbonyl (C=O) groups is 4. The molecule has 0 unspecified atom stereocenters. The highest BCUT2D eigenvalue weighted by molar-refractivity contribution is 5.82. The standard InChI is InChI=1S/C12H16N2O4.C10H20N2O3.C3H8/c1-14(6-7-15)12(17)18-8-10-2-4-11(5-3-10)13-9-16;1-7(2)12-8(13)6-11-9(14)15-10(3,4)5;1-3-2/h2-5,9,15H,6-8H2,1H3,(H,13,16);7H,6H2,1-5H3,(H,11,14)(H,12,13);3H2,1-2H3. The van der Waals surface area contributed by atoms with E-state index in [-0.39, 0.29) is 38.3 Å². The Morgan fingerprint density at radius 1 is 1.11 bits per heavy atom. The maximum atomic E-state index is 11.4. The molecule has 4 amide bonds. The summed E-state index contributed by atoms with van der Waals surface area (Å²) in [4.78, 5) is 45.2. The molecule has 11 nitrogen and oxygen atoms in total. The quantitative estimate of drug-likeness (QED) is 0.371. The van der Waals surface area contributed by atoms with Crippen LogP contribution in [0, 0.1) is 0 Å². The van der Waals surface area contributed by atoms with Crippen molar-refractivity contribution >= 4 is 30.2 Å². The number of hydrogen-bond acceptors (Lipinski definition) is 7. The fourth-order valence-corrected chi connectivity index (χ4v) is 2.10. The molecule has 206 valence electrons. The molecule has 0 spiro atoms. The summed E-state index contributed by atoms with van der Waals surface area (Å²) in [6, 6.07) is 7.01. The Morgan fingerprint density at radius 3 is 2.11 bits per heavy atom. The number of ether oxygens (including phenoxy) is 2. The molecule has 0 saturated heterocycles. The number of anilines is 1. The van der Waals surface area contributed by atoms with Crippen LogP contribution < -0.4 is 16.0 Å². The zero-order valence-corrected chi connectivity index (χ0v) is 22.8. The molecule has 0 aliphatic rings. The first kappa shape index (κ1) is 34.8. The monoisotopic (exact) mass is 512 g/mol. The Hall–Kier alpha value is -3.34. The van der Waals surface area contributed by atoms with Gasteiger partial charge in [-0.3, -0.25) is 9.59 Å². The SMILES string of the molecule is CC(C)NC(=O)CNC(=O)OC(C)(C)C.CCC.CN(CCO)C(=O)OCc1ccc(NC=O)cc1. The summed E-state index contributed by atoms with van der Waals surface area (Å²) in [5.41, 5.74) is 0.952. The molecule has 0 fully saturated rings. The lowest BCUT2D eigenvalue weighted by Gasteiger charge is -2.19. The van der Waals surface area contributed by atoms with Gasteiger partial charge < -0.3 is 35.4 Å². The van der Waals surface area contributed by atoms with Crippen LogP contribution in [0.1, 0.15) is 60.5 Å². The van der Waals surface area contributed by atoms with Crippen LogP contribution in [0.4, 0.5) is 15.3 Å². The first-order chi connectivity index (χ1) is 16.8. The molecule has 0 atom stereocenters. The molecule has 0 bridgehead atoms. The van der Waals surface area contributed by atoms with E-state index >= 15 is 0 Å². The fraction of sp³-hybridized carbons (Fsp3) is 0.600. The van der Waals surface area contributed by atoms with Crippen LogP contribution in [0.25, 0.3) is 0 Å². The van der Waals surface area contributed by atoms with Crippen LogP contribution in [0.2, 0.25) is 0 Å². The highest BCUT2D eigenvalue weighted by Crippen LogP contribution is 2.10. The first-order valence-corrected chi connectivity index (χ1v) is 11.8. The molecule has 1 aromatic carbocycles. The summed E-state index contributed by atoms with van der Waals surface area (Å²) in [5.74, 6) is -0.226. The number of aliphatic hydroxyl groups excluding tert-OH is 1. The minimum atomic E-state index is -0.582. The molecule has 0 aliphatic carbocycles. The van der Waals surface area contributed by atoms with Crippen molar-refractivity contribution in [3.05, 3.63) is 29.8 Å². The summed E-state index contributed by atoms with van der Waals surface area (Å²) in [6.45, 7) is 13.5. The number of benzene rings is 1. The zero-order chi connectivity index (χ0) is 28.1. The highest BCUT2D eigenvalue weighted by atomic mass is 16.6. The van der Waals surface area contributed by atoms with Crippen LogP contribution >= 0.6 is 0 Å². The second-order valence-electron chi connectivity index (χ2n) is 8.94. The lowest BCUT2D eigenvalue weighted by molar-refractivity contribution is -0.120. The van der Waals surface area contributed by atoms with E-state index in [4.69, 9.17) is 14.6 Å². The normalized spacial score (nSPS) is 9.94. The van der Waals surface area contributed by atoms with Crippen molar-refractivity contribution < 1.29 is 33.8 Å². The molecule has 0 aromatic heterocycles. The van der Waals surface area contributed by atoms with E-state index in [1.54, 1.807) is 52.1 Å². The number of alkyl carbamates (subject to hydrolysis) is 1. The molecular formula is C25H44N4O7. The van der Waals surface area contributed by atoms with Gasteiger partial charge in [0.05, 0.1) is 6.61 Å². The van der Waals surface area contributed by atoms with Gasteiger partial charge in [0, 0.05) is 25.3 Å². The van der Waals surface area contributed by atoms with Crippen LogP contribution in [0.5, 0.6) is 0 Å². The molecule has 1 aromatic rings. The fourth-order valence-electron chi connectivity index (χ4n) is 2.10. The number of hydrogen-bond donors (Lipinski definition) is 4. The van der Waals surface area contributed by atoms with Gasteiger partial charge in [0.2, 0.25) is 12.3 Å². The van der Waals surface area contributed by atoms with E-state index in [1.807, 2.05) is 13.8 Å². The number of rotatable bonds is 9. The number of amides is 4. The van der Waals surface area contributed by atoms with Gasteiger partial charge in [-0.15, -0.1) is 0 Å². The van der Waals surface area contributed by atoms with Gasteiger partial charge in [-0.25, -0.2) is 9.59 Å². The molecule has 0 radical (unpaired) electrons. The summed E-state index contributed by atoms with van der Waals surface area (Å²) < 4.78 is 9.99. The average molecular weight is 513 g/mol. The van der Waals surface area contributed by atoms with Crippen molar-refractivity contribution in [2.75, 3.05) is 32.1 Å². The lowest BCUT2D eigenvalue weighted by Crippen LogP contribution is -2.41. The van der Waals surface area contributed by atoms with Crippen LogP contribution in [0.3, 0.4) is 0 Å². The first-order valence-electron chi connectivity index (χ1n) is 11.8. The van der Waals surface area contributed by atoms with Gasteiger partial charge in [-0.1, -0.05) is 32.4 Å². The minimum Gasteiger partial charge on any atom is -0.445 e. The number of nitrogens with zero attached hydrogens (tertiary/aromatic N) is 1. The van der Waals surface area contributed by atoms with E-state index in [0.717, 1.165) is 5.56 Å². The Bertz CT molecular complexity index is 763. The summed E-state index contributed by atoms with van der Waals surface area (Å²) in [6.07, 6.45) is 0.777. The summed E-state index contributed by atoms with van der Waals surface area (Å²) in [7, 11) is 1.55. The smallest absolute Gasteiger partial charge is 0.409 e. The highest BCUT2D eigenvalue weighted by Gasteiger charge is 2.16.